The van der Waals surface area contributed by atoms with E-state index in [9.17, 15) is 18.0 Å². The fraction of sp³-hybridized carbons (Fsp3) is 0.444. The van der Waals surface area contributed by atoms with Crippen LogP contribution < -0.4 is 5.73 Å². The van der Waals surface area contributed by atoms with Crippen LogP contribution in [0.25, 0.3) is 10.9 Å². The van der Waals surface area contributed by atoms with Gasteiger partial charge in [-0.1, -0.05) is 19.3 Å². The first-order valence-corrected chi connectivity index (χ1v) is 12.2. The first-order valence-electron chi connectivity index (χ1n) is 12.2. The molecule has 0 bridgehead atoms. The van der Waals surface area contributed by atoms with E-state index in [-0.39, 0.29) is 18.5 Å². The molecule has 2 aliphatic rings. The molecule has 2 aliphatic carbocycles. The molecule has 5 rings (SSSR count). The molecule has 2 fully saturated rings. The molecule has 0 radical (unpaired) electrons. The van der Waals surface area contributed by atoms with Gasteiger partial charge in [0.25, 0.3) is 5.91 Å². The van der Waals surface area contributed by atoms with Gasteiger partial charge < -0.3 is 10.6 Å². The largest absolute Gasteiger partial charge is 0.417 e. The van der Waals surface area contributed by atoms with Gasteiger partial charge in [-0.05, 0) is 80.0 Å². The van der Waals surface area contributed by atoms with E-state index in [1.807, 2.05) is 24.0 Å². The molecule has 3 atom stereocenters. The highest BCUT2D eigenvalue weighted by atomic mass is 19.4. The summed E-state index contributed by atoms with van der Waals surface area (Å²) >= 11 is 0. The topological polar surface area (TPSA) is 72.1 Å². The normalized spacial score (nSPS) is 22.2. The van der Waals surface area contributed by atoms with Crippen LogP contribution in [0.4, 0.5) is 19.0 Å². The number of fused-ring (bicyclic) bond motifs is 2. The molecule has 2 saturated carbocycles. The Kier molecular flexibility index (Phi) is 6.15. The van der Waals surface area contributed by atoms with E-state index in [1.165, 1.54) is 25.3 Å². The summed E-state index contributed by atoms with van der Waals surface area (Å²) in [6, 6.07) is 9.73. The summed E-state index contributed by atoms with van der Waals surface area (Å²) in [7, 11) is 0. The second-order valence-electron chi connectivity index (χ2n) is 9.98. The van der Waals surface area contributed by atoms with Gasteiger partial charge in [-0.15, -0.1) is 0 Å². The number of amides is 1. The molecule has 184 valence electrons. The van der Waals surface area contributed by atoms with E-state index in [2.05, 4.69) is 9.97 Å². The third-order valence-corrected chi connectivity index (χ3v) is 7.74. The predicted octanol–water partition coefficient (Wildman–Crippen LogP) is 6.15. The minimum atomic E-state index is -4.44. The lowest BCUT2D eigenvalue weighted by atomic mass is 9.78. The van der Waals surface area contributed by atoms with Crippen LogP contribution in [0.15, 0.2) is 42.6 Å². The van der Waals surface area contributed by atoms with Gasteiger partial charge in [-0.25, -0.2) is 4.98 Å². The zero-order valence-corrected chi connectivity index (χ0v) is 19.7. The summed E-state index contributed by atoms with van der Waals surface area (Å²) in [6.07, 6.45) is 3.00. The number of aryl methyl sites for hydroxylation is 1. The smallest absolute Gasteiger partial charge is 0.383 e. The number of carbonyl (C=O) groups is 1. The Morgan fingerprint density at radius 3 is 2.63 bits per heavy atom. The number of pyridine rings is 2. The molecule has 2 N–H and O–H groups in total. The van der Waals surface area contributed by atoms with E-state index in [1.54, 1.807) is 12.1 Å². The maximum absolute atomic E-state index is 13.8. The van der Waals surface area contributed by atoms with Crippen LogP contribution in [-0.2, 0) is 12.7 Å². The highest BCUT2D eigenvalue weighted by Gasteiger charge is 2.38. The molecule has 8 heteroatoms. The van der Waals surface area contributed by atoms with Crippen LogP contribution in [-0.4, -0.2) is 26.8 Å². The van der Waals surface area contributed by atoms with Crippen molar-refractivity contribution in [2.24, 2.45) is 11.8 Å². The maximum atomic E-state index is 13.8. The molecule has 3 aromatic rings. The van der Waals surface area contributed by atoms with E-state index in [0.717, 1.165) is 48.4 Å². The molecule has 35 heavy (non-hydrogen) atoms. The lowest BCUT2D eigenvalue weighted by Gasteiger charge is -2.39. The van der Waals surface area contributed by atoms with E-state index >= 15 is 0 Å². The third-order valence-electron chi connectivity index (χ3n) is 7.74. The van der Waals surface area contributed by atoms with Crippen molar-refractivity contribution in [2.75, 3.05) is 5.73 Å². The molecule has 0 spiro atoms. The van der Waals surface area contributed by atoms with Crippen molar-refractivity contribution in [3.63, 3.8) is 0 Å². The second-order valence-corrected chi connectivity index (χ2v) is 9.98. The number of hydrogen-bond acceptors (Lipinski definition) is 4. The number of carbonyl (C=O) groups excluding carboxylic acids is 1. The van der Waals surface area contributed by atoms with Crippen LogP contribution in [0.3, 0.4) is 0 Å². The number of rotatable bonds is 4. The van der Waals surface area contributed by atoms with Crippen molar-refractivity contribution < 1.29 is 18.0 Å². The molecular formula is C27H29F3N4O. The monoisotopic (exact) mass is 482 g/mol. The Hall–Kier alpha value is -3.16. The Labute approximate surface area is 202 Å². The Morgan fingerprint density at radius 2 is 1.89 bits per heavy atom. The number of benzene rings is 1. The zero-order valence-electron chi connectivity index (χ0n) is 19.7. The van der Waals surface area contributed by atoms with Crippen molar-refractivity contribution in [1.29, 1.82) is 0 Å². The lowest BCUT2D eigenvalue weighted by Crippen LogP contribution is -2.43. The fourth-order valence-corrected chi connectivity index (χ4v) is 5.78. The van der Waals surface area contributed by atoms with Crippen molar-refractivity contribution in [3.05, 3.63) is 65.0 Å². The quantitative estimate of drug-likeness (QED) is 0.484. The maximum Gasteiger partial charge on any atom is 0.417 e. The van der Waals surface area contributed by atoms with Gasteiger partial charge in [0.15, 0.2) is 0 Å². The number of nitrogen functional groups attached to an aromatic ring is 1. The first kappa shape index (κ1) is 23.6. The van der Waals surface area contributed by atoms with Gasteiger partial charge in [0.1, 0.15) is 5.82 Å². The standard InChI is InChI=1S/C27H29F3N4O/c1-16-11-20-12-19(6-10-24(20)33-25(16)31)26(35)34(23-9-5-17-3-2-4-18(17)13-23)15-22-8-7-21(14-32-22)27(28,29)30/h6-8,10-12,14,17-18,23H,2-5,9,13,15H2,1H3,(H2,31,33)/t17-,18+,23+/m0/s1. The average Bonchev–Trinajstić information content (AvgIpc) is 3.30. The van der Waals surface area contributed by atoms with Gasteiger partial charge >= 0.3 is 6.18 Å². The molecule has 0 aliphatic heterocycles. The lowest BCUT2D eigenvalue weighted by molar-refractivity contribution is -0.137. The van der Waals surface area contributed by atoms with E-state index < -0.39 is 11.7 Å². The summed E-state index contributed by atoms with van der Waals surface area (Å²) in [5.41, 5.74) is 7.68. The Balaban J connectivity index is 1.46. The predicted molar refractivity (Wildman–Crippen MR) is 128 cm³/mol. The molecule has 1 amide bonds. The van der Waals surface area contributed by atoms with Crippen molar-refractivity contribution in [1.82, 2.24) is 14.9 Å². The Morgan fingerprint density at radius 1 is 1.09 bits per heavy atom. The molecule has 0 unspecified atom stereocenters. The van der Waals surface area contributed by atoms with Gasteiger partial charge in [-0.3, -0.25) is 9.78 Å². The van der Waals surface area contributed by atoms with Crippen LogP contribution in [0.1, 0.15) is 65.7 Å². The number of hydrogen-bond donors (Lipinski definition) is 1. The Bertz CT molecular complexity index is 1240. The summed E-state index contributed by atoms with van der Waals surface area (Å²) in [5.74, 6) is 1.66. The first-order chi connectivity index (χ1) is 16.7. The number of anilines is 1. The summed E-state index contributed by atoms with van der Waals surface area (Å²) < 4.78 is 39.0. The highest BCUT2D eigenvalue weighted by Crippen LogP contribution is 2.44. The molecular weight excluding hydrogens is 453 g/mol. The highest BCUT2D eigenvalue weighted by molar-refractivity contribution is 5.98. The fourth-order valence-electron chi connectivity index (χ4n) is 5.78. The molecule has 5 nitrogen and oxygen atoms in total. The van der Waals surface area contributed by atoms with Crippen molar-refractivity contribution in [3.8, 4) is 0 Å². The van der Waals surface area contributed by atoms with Crippen LogP contribution in [0, 0.1) is 18.8 Å². The summed E-state index contributed by atoms with van der Waals surface area (Å²) in [6.45, 7) is 2.05. The van der Waals surface area contributed by atoms with Crippen LogP contribution in [0.5, 0.6) is 0 Å². The SMILES string of the molecule is Cc1cc2cc(C(=O)N(Cc3ccc(C(F)(F)F)cn3)[C@@H]3CC[C@@H]4CCC[C@@H]4C3)ccc2nc1N. The third kappa shape index (κ3) is 4.83. The number of aromatic nitrogens is 2. The number of alkyl halides is 3. The summed E-state index contributed by atoms with van der Waals surface area (Å²) in [4.78, 5) is 24.1. The minimum Gasteiger partial charge on any atom is -0.383 e. The van der Waals surface area contributed by atoms with Crippen LogP contribution >= 0.6 is 0 Å². The summed E-state index contributed by atoms with van der Waals surface area (Å²) in [5, 5.41) is 0.828. The van der Waals surface area contributed by atoms with Gasteiger partial charge in [0.2, 0.25) is 0 Å². The number of nitrogens with zero attached hydrogens (tertiary/aromatic N) is 3. The van der Waals surface area contributed by atoms with E-state index in [0.29, 0.717) is 28.5 Å². The molecule has 2 aromatic heterocycles. The van der Waals surface area contributed by atoms with Crippen molar-refractivity contribution in [2.45, 2.75) is 64.2 Å². The second kappa shape index (κ2) is 9.13. The van der Waals surface area contributed by atoms with Crippen LogP contribution in [0.2, 0.25) is 0 Å². The molecule has 1 aromatic carbocycles. The number of nitrogens with two attached hydrogens (primary N) is 1. The molecule has 0 saturated heterocycles. The van der Waals surface area contributed by atoms with Gasteiger partial charge in [0.05, 0.1) is 23.3 Å². The average molecular weight is 483 g/mol. The minimum absolute atomic E-state index is 0.0351. The van der Waals surface area contributed by atoms with Gasteiger partial charge in [-0.2, -0.15) is 13.2 Å². The van der Waals surface area contributed by atoms with E-state index in [4.69, 9.17) is 5.73 Å². The zero-order chi connectivity index (χ0) is 24.7. The molecule has 2 heterocycles. The van der Waals surface area contributed by atoms with Crippen molar-refractivity contribution >= 4 is 22.6 Å². The number of halogens is 3. The van der Waals surface area contributed by atoms with Gasteiger partial charge in [0, 0.05) is 23.2 Å².